The Balaban J connectivity index is 3.12. The minimum absolute atomic E-state index is 0.0110. The van der Waals surface area contributed by atoms with Gasteiger partial charge in [-0.05, 0) is 6.92 Å². The van der Waals surface area contributed by atoms with Gasteiger partial charge in [-0.3, -0.25) is 14.3 Å². The Labute approximate surface area is 99.7 Å². The number of H-pyrrole nitrogens is 1. The van der Waals surface area contributed by atoms with Crippen molar-refractivity contribution in [2.24, 2.45) is 7.05 Å². The Morgan fingerprint density at radius 2 is 2.06 bits per heavy atom. The third-order valence-corrected chi connectivity index (χ3v) is 2.68. The van der Waals surface area contributed by atoms with Crippen molar-refractivity contribution in [3.05, 3.63) is 32.1 Å². The summed E-state index contributed by atoms with van der Waals surface area (Å²) < 4.78 is 0.807. The van der Waals surface area contributed by atoms with Crippen molar-refractivity contribution in [1.82, 2.24) is 14.5 Å². The highest BCUT2D eigenvalue weighted by molar-refractivity contribution is 6.03. The summed E-state index contributed by atoms with van der Waals surface area (Å²) in [6.45, 7) is 1.44. The zero-order valence-corrected chi connectivity index (χ0v) is 9.64. The molecule has 0 radical (unpaired) electrons. The van der Waals surface area contributed by atoms with E-state index in [9.17, 15) is 14.4 Å². The number of aromatic carboxylic acids is 1. The molecule has 0 aliphatic rings. The maximum atomic E-state index is 11.9. The molecule has 2 rings (SSSR count). The highest BCUT2D eigenvalue weighted by Gasteiger charge is 2.19. The first-order chi connectivity index (χ1) is 8.34. The van der Waals surface area contributed by atoms with Crippen molar-refractivity contribution in [2.45, 2.75) is 6.92 Å². The summed E-state index contributed by atoms with van der Waals surface area (Å²) >= 11 is 0. The molecule has 0 atom stereocenters. The van der Waals surface area contributed by atoms with Crippen LogP contribution in [0, 0.1) is 6.92 Å². The molecule has 0 unspecified atom stereocenters. The average molecular weight is 250 g/mol. The van der Waals surface area contributed by atoms with Gasteiger partial charge < -0.3 is 10.8 Å². The fourth-order valence-electron chi connectivity index (χ4n) is 1.75. The second-order valence-corrected chi connectivity index (χ2v) is 3.81. The van der Waals surface area contributed by atoms with Crippen LogP contribution in [-0.2, 0) is 7.05 Å². The van der Waals surface area contributed by atoms with Crippen molar-refractivity contribution in [1.29, 1.82) is 0 Å². The van der Waals surface area contributed by atoms with Gasteiger partial charge in [-0.15, -0.1) is 0 Å². The number of hydrogen-bond donors (Lipinski definition) is 3. The summed E-state index contributed by atoms with van der Waals surface area (Å²) in [4.78, 5) is 40.6. The zero-order chi connectivity index (χ0) is 13.6. The molecule has 0 bridgehead atoms. The number of pyridine rings is 1. The van der Waals surface area contributed by atoms with E-state index >= 15 is 0 Å². The molecule has 0 aromatic carbocycles. The number of nitrogen functional groups attached to an aromatic ring is 1. The van der Waals surface area contributed by atoms with Gasteiger partial charge in [0, 0.05) is 7.05 Å². The van der Waals surface area contributed by atoms with Gasteiger partial charge in [-0.2, -0.15) is 0 Å². The summed E-state index contributed by atoms with van der Waals surface area (Å²) in [5.41, 5.74) is 4.07. The number of anilines is 1. The minimum atomic E-state index is -1.27. The van der Waals surface area contributed by atoms with Crippen LogP contribution < -0.4 is 17.0 Å². The van der Waals surface area contributed by atoms with Crippen LogP contribution in [0.15, 0.2) is 9.59 Å². The number of fused-ring (bicyclic) bond motifs is 1. The summed E-state index contributed by atoms with van der Waals surface area (Å²) in [5.74, 6) is -1.27. The van der Waals surface area contributed by atoms with Crippen LogP contribution in [0.3, 0.4) is 0 Å². The fourth-order valence-corrected chi connectivity index (χ4v) is 1.75. The smallest absolute Gasteiger partial charge is 0.339 e. The van der Waals surface area contributed by atoms with E-state index < -0.39 is 17.2 Å². The Hall–Kier alpha value is -2.64. The largest absolute Gasteiger partial charge is 0.478 e. The van der Waals surface area contributed by atoms with E-state index in [1.165, 1.54) is 14.0 Å². The summed E-state index contributed by atoms with van der Waals surface area (Å²) in [6, 6.07) is 0. The third kappa shape index (κ3) is 1.46. The predicted octanol–water partition coefficient (Wildman–Crippen LogP) is -0.789. The predicted molar refractivity (Wildman–Crippen MR) is 63.7 cm³/mol. The SMILES string of the molecule is Cc1nc2[nH]c(=O)n(C)c(=O)c2c(N)c1C(=O)O. The van der Waals surface area contributed by atoms with Crippen molar-refractivity contribution >= 4 is 22.7 Å². The summed E-state index contributed by atoms with van der Waals surface area (Å²) in [7, 11) is 1.26. The molecule has 0 amide bonds. The number of nitrogens with one attached hydrogen (secondary N) is 1. The second-order valence-electron chi connectivity index (χ2n) is 3.81. The topological polar surface area (TPSA) is 131 Å². The quantitative estimate of drug-likeness (QED) is 0.607. The number of nitrogens with two attached hydrogens (primary N) is 1. The molecule has 2 aromatic rings. The van der Waals surface area contributed by atoms with Crippen LogP contribution in [0.1, 0.15) is 16.1 Å². The Morgan fingerprint density at radius 1 is 1.44 bits per heavy atom. The number of nitrogens with zero attached hydrogens (tertiary/aromatic N) is 2. The van der Waals surface area contributed by atoms with Crippen LogP contribution in [0.5, 0.6) is 0 Å². The number of rotatable bonds is 1. The lowest BCUT2D eigenvalue weighted by Crippen LogP contribution is -2.33. The first-order valence-corrected chi connectivity index (χ1v) is 4.97. The number of carboxylic acid groups (broad SMARTS) is 1. The summed E-state index contributed by atoms with van der Waals surface area (Å²) in [6.07, 6.45) is 0. The number of aromatic amines is 1. The molecule has 18 heavy (non-hydrogen) atoms. The molecule has 0 saturated carbocycles. The molecule has 2 aromatic heterocycles. The average Bonchev–Trinajstić information content (AvgIpc) is 2.24. The first-order valence-electron chi connectivity index (χ1n) is 4.97. The second kappa shape index (κ2) is 3.69. The van der Waals surface area contributed by atoms with Crippen LogP contribution in [-0.4, -0.2) is 25.6 Å². The van der Waals surface area contributed by atoms with Gasteiger partial charge in [0.1, 0.15) is 16.6 Å². The third-order valence-electron chi connectivity index (χ3n) is 2.68. The molecule has 4 N–H and O–H groups in total. The Bertz CT molecular complexity index is 787. The van der Waals surface area contributed by atoms with Crippen LogP contribution >= 0.6 is 0 Å². The highest BCUT2D eigenvalue weighted by atomic mass is 16.4. The molecule has 0 aliphatic carbocycles. The molecule has 0 aliphatic heterocycles. The van der Waals surface area contributed by atoms with Crippen LogP contribution in [0.4, 0.5) is 5.69 Å². The van der Waals surface area contributed by atoms with Gasteiger partial charge >= 0.3 is 11.7 Å². The van der Waals surface area contributed by atoms with Gasteiger partial charge in [0.05, 0.1) is 11.4 Å². The lowest BCUT2D eigenvalue weighted by atomic mass is 10.1. The van der Waals surface area contributed by atoms with E-state index in [1.54, 1.807) is 0 Å². The van der Waals surface area contributed by atoms with Gasteiger partial charge in [0.2, 0.25) is 0 Å². The number of carbonyl (C=O) groups is 1. The van der Waals surface area contributed by atoms with Crippen molar-refractivity contribution in [2.75, 3.05) is 5.73 Å². The molecule has 0 saturated heterocycles. The molecular weight excluding hydrogens is 240 g/mol. The number of aryl methyl sites for hydroxylation is 1. The lowest BCUT2D eigenvalue weighted by Gasteiger charge is -2.08. The van der Waals surface area contributed by atoms with Crippen molar-refractivity contribution in [3.63, 3.8) is 0 Å². The number of carboxylic acids is 1. The molecular formula is C10H10N4O4. The van der Waals surface area contributed by atoms with E-state index in [0.29, 0.717) is 0 Å². The minimum Gasteiger partial charge on any atom is -0.478 e. The molecule has 2 heterocycles. The van der Waals surface area contributed by atoms with Crippen LogP contribution in [0.25, 0.3) is 11.0 Å². The normalized spacial score (nSPS) is 10.8. The Morgan fingerprint density at radius 3 is 2.61 bits per heavy atom. The Kier molecular flexibility index (Phi) is 2.43. The van der Waals surface area contributed by atoms with Gasteiger partial charge in [0.25, 0.3) is 5.56 Å². The monoisotopic (exact) mass is 250 g/mol. The molecule has 8 nitrogen and oxygen atoms in total. The fraction of sp³-hybridized carbons (Fsp3) is 0.200. The van der Waals surface area contributed by atoms with E-state index in [-0.39, 0.29) is 28.0 Å². The van der Waals surface area contributed by atoms with Crippen LogP contribution in [0.2, 0.25) is 0 Å². The maximum absolute atomic E-state index is 11.9. The van der Waals surface area contributed by atoms with E-state index in [2.05, 4.69) is 9.97 Å². The van der Waals surface area contributed by atoms with E-state index in [0.717, 1.165) is 4.57 Å². The summed E-state index contributed by atoms with van der Waals surface area (Å²) in [5, 5.41) is 8.92. The molecule has 8 heteroatoms. The lowest BCUT2D eigenvalue weighted by molar-refractivity contribution is 0.0697. The van der Waals surface area contributed by atoms with Gasteiger partial charge in [0.15, 0.2) is 0 Å². The highest BCUT2D eigenvalue weighted by Crippen LogP contribution is 2.21. The molecule has 94 valence electrons. The number of hydrogen-bond acceptors (Lipinski definition) is 5. The van der Waals surface area contributed by atoms with Gasteiger partial charge in [-0.25, -0.2) is 14.6 Å². The molecule has 0 spiro atoms. The van der Waals surface area contributed by atoms with Gasteiger partial charge in [-0.1, -0.05) is 0 Å². The zero-order valence-electron chi connectivity index (χ0n) is 9.64. The van der Waals surface area contributed by atoms with Crippen molar-refractivity contribution in [3.8, 4) is 0 Å². The first kappa shape index (κ1) is 11.8. The maximum Gasteiger partial charge on any atom is 0.339 e. The van der Waals surface area contributed by atoms with E-state index in [4.69, 9.17) is 10.8 Å². The standard InChI is InChI=1S/C10H10N4O4/c1-3-4(9(16)17)6(11)5-7(12-3)13-10(18)14(2)8(5)15/h1-2H3,(H,16,17)(H3,11,12,13,18). The van der Waals surface area contributed by atoms with Crippen molar-refractivity contribution < 1.29 is 9.90 Å². The molecule has 0 fully saturated rings. The van der Waals surface area contributed by atoms with E-state index in [1.807, 2.05) is 0 Å². The number of aromatic nitrogens is 3.